The Morgan fingerprint density at radius 2 is 0.899 bits per heavy atom. The molecular weight excluding hydrogens is 1060 g/mol. The van der Waals surface area contributed by atoms with E-state index in [0.29, 0.717) is 38.6 Å². The Morgan fingerprint density at radius 1 is 0.494 bits per heavy atom. The highest BCUT2D eigenvalue weighted by Gasteiger charge is 2.46. The number of carbonyl (C=O) groups excluding carboxylic acids is 6. The number of Topliss-reactive ketones (excluding diaryl/α,β-unsaturated/α-hetero) is 1. The number of amides is 5. The van der Waals surface area contributed by atoms with E-state index in [0.717, 1.165) is 6.42 Å². The molecule has 0 radical (unpaired) electrons. The summed E-state index contributed by atoms with van der Waals surface area (Å²) in [5.41, 5.74) is 10.8. The molecule has 3 fully saturated rings. The number of ketones is 1. The van der Waals surface area contributed by atoms with Crippen LogP contribution < -0.4 is 37.9 Å². The minimum atomic E-state index is -1.74. The monoisotopic (exact) mass is 1150 g/mol. The van der Waals surface area contributed by atoms with E-state index >= 15 is 0 Å². The van der Waals surface area contributed by atoms with Gasteiger partial charge in [-0.15, -0.1) is 0 Å². The molecule has 3 aliphatic heterocycles. The van der Waals surface area contributed by atoms with Gasteiger partial charge in [-0.2, -0.15) is 0 Å². The highest BCUT2D eigenvalue weighted by atomic mass is 16.7. The van der Waals surface area contributed by atoms with Gasteiger partial charge in [0.05, 0.1) is 64.8 Å². The van der Waals surface area contributed by atoms with Crippen LogP contribution in [0.2, 0.25) is 0 Å². The molecule has 17 atom stereocenters. The summed E-state index contributed by atoms with van der Waals surface area (Å²) >= 11 is 0. The van der Waals surface area contributed by atoms with E-state index < -0.39 is 155 Å². The van der Waals surface area contributed by atoms with Crippen LogP contribution >= 0.6 is 0 Å². The van der Waals surface area contributed by atoms with Crippen LogP contribution in [0, 0.1) is 0 Å². The second-order valence-corrected chi connectivity index (χ2v) is 19.3. The minimum Gasteiger partial charge on any atom is -0.394 e. The molecule has 0 aromatic rings. The number of aliphatic hydroxyl groups excluding tert-OH is 12. The van der Waals surface area contributed by atoms with Crippen molar-refractivity contribution >= 4 is 35.3 Å². The third-order valence-corrected chi connectivity index (χ3v) is 13.2. The van der Waals surface area contributed by atoms with E-state index in [4.69, 9.17) is 34.2 Å². The SMILES string of the molecule is CC(=O)[C@H](CCCCN)NNC(=O)CCCCC(=O)NCCCC[C@@H](C(=O)NCCOC1O[C@H](CO)[C@@H](O)[C@H](O)[C@@H]1O)N(CC(=O)NCCOC1O[C@H](CO)[C@@H](O)[C@H](O)[C@@H]1O)CC(=O)NCCOC1O[C@H](CO)[C@@H](O)[C@H](O)[C@@H]1O. The van der Waals surface area contributed by atoms with Crippen molar-refractivity contribution in [3.8, 4) is 0 Å². The number of hydrogen-bond donors (Lipinski definition) is 19. The van der Waals surface area contributed by atoms with Gasteiger partial charge in [0.2, 0.25) is 29.5 Å². The number of nitrogens with zero attached hydrogens (tertiary/aromatic N) is 1. The lowest BCUT2D eigenvalue weighted by Gasteiger charge is -2.39. The molecule has 458 valence electrons. The molecule has 20 N–H and O–H groups in total. The molecule has 0 bridgehead atoms. The first-order chi connectivity index (χ1) is 37.7. The van der Waals surface area contributed by atoms with Crippen LogP contribution in [0.15, 0.2) is 0 Å². The number of nitrogens with one attached hydrogen (secondary N) is 6. The predicted molar refractivity (Wildman–Crippen MR) is 268 cm³/mol. The Morgan fingerprint density at radius 3 is 1.32 bits per heavy atom. The number of ether oxygens (including phenoxy) is 6. The zero-order chi connectivity index (χ0) is 58.6. The first-order valence-corrected chi connectivity index (χ1v) is 26.5. The van der Waals surface area contributed by atoms with Crippen LogP contribution in [-0.2, 0) is 57.2 Å². The van der Waals surface area contributed by atoms with Crippen LogP contribution in [0.5, 0.6) is 0 Å². The van der Waals surface area contributed by atoms with E-state index in [2.05, 4.69) is 32.1 Å². The molecule has 0 aromatic heterocycles. The van der Waals surface area contributed by atoms with Crippen LogP contribution in [0.25, 0.3) is 0 Å². The Labute approximate surface area is 456 Å². The topological polar surface area (TPSA) is 502 Å². The lowest BCUT2D eigenvalue weighted by molar-refractivity contribution is -0.300. The molecule has 0 aromatic carbocycles. The van der Waals surface area contributed by atoms with Crippen LogP contribution in [0.1, 0.15) is 71.1 Å². The normalized spacial score (nSPS) is 29.8. The van der Waals surface area contributed by atoms with Gasteiger partial charge in [-0.25, -0.2) is 5.43 Å². The first kappa shape index (κ1) is 69.4. The van der Waals surface area contributed by atoms with Crippen LogP contribution in [0.4, 0.5) is 0 Å². The summed E-state index contributed by atoms with van der Waals surface area (Å²) in [6, 6.07) is -1.82. The van der Waals surface area contributed by atoms with Crippen molar-refractivity contribution in [3.63, 3.8) is 0 Å². The van der Waals surface area contributed by atoms with Gasteiger partial charge in [0, 0.05) is 39.0 Å². The highest BCUT2D eigenvalue weighted by Crippen LogP contribution is 2.24. The number of carbonyl (C=O) groups is 6. The maximum absolute atomic E-state index is 14.1. The lowest BCUT2D eigenvalue weighted by atomic mass is 9.99. The summed E-state index contributed by atoms with van der Waals surface area (Å²) in [5, 5.41) is 131. The second-order valence-electron chi connectivity index (χ2n) is 19.3. The number of rotatable bonds is 38. The fourth-order valence-electron chi connectivity index (χ4n) is 8.50. The largest absolute Gasteiger partial charge is 0.394 e. The van der Waals surface area contributed by atoms with Crippen molar-refractivity contribution in [2.24, 2.45) is 5.73 Å². The van der Waals surface area contributed by atoms with Crippen molar-refractivity contribution in [3.05, 3.63) is 0 Å². The molecule has 79 heavy (non-hydrogen) atoms. The molecule has 3 heterocycles. The average Bonchev–Trinajstić information content (AvgIpc) is 3.44. The summed E-state index contributed by atoms with van der Waals surface area (Å²) in [6.07, 6.45) is -20.3. The Kier molecular flexibility index (Phi) is 32.8. The fourth-order valence-corrected chi connectivity index (χ4v) is 8.50. The summed E-state index contributed by atoms with van der Waals surface area (Å²) in [6.45, 7) is -3.14. The number of aliphatic hydroxyl groups is 12. The summed E-state index contributed by atoms with van der Waals surface area (Å²) in [7, 11) is 0. The van der Waals surface area contributed by atoms with Gasteiger partial charge >= 0.3 is 0 Å². The smallest absolute Gasteiger partial charge is 0.237 e. The summed E-state index contributed by atoms with van der Waals surface area (Å²) < 4.78 is 32.4. The van der Waals surface area contributed by atoms with Crippen LogP contribution in [0.3, 0.4) is 0 Å². The van der Waals surface area contributed by atoms with Crippen molar-refractivity contribution in [1.82, 2.24) is 37.0 Å². The predicted octanol–water partition coefficient (Wildman–Crippen LogP) is -9.99. The third-order valence-electron chi connectivity index (χ3n) is 13.2. The van der Waals surface area contributed by atoms with Gasteiger partial charge < -0.3 is 117 Å². The molecule has 5 amide bonds. The van der Waals surface area contributed by atoms with Gasteiger partial charge in [0.25, 0.3) is 0 Å². The van der Waals surface area contributed by atoms with Crippen molar-refractivity contribution < 1.29 is 118 Å². The van der Waals surface area contributed by atoms with E-state index in [-0.39, 0.29) is 89.3 Å². The lowest BCUT2D eigenvalue weighted by Crippen LogP contribution is -2.59. The Bertz CT molecular complexity index is 1760. The summed E-state index contributed by atoms with van der Waals surface area (Å²) in [4.78, 5) is 79.5. The highest BCUT2D eigenvalue weighted by molar-refractivity contribution is 5.86. The molecular formula is C47H86N8O24. The maximum atomic E-state index is 14.1. The third kappa shape index (κ3) is 23.5. The number of hydrazine groups is 1. The number of unbranched alkanes of at least 4 members (excludes halogenated alkanes) is 3. The molecule has 0 spiro atoms. The Hall–Kier alpha value is -3.82. The van der Waals surface area contributed by atoms with E-state index in [1.54, 1.807) is 0 Å². The molecule has 32 heteroatoms. The Balaban J connectivity index is 1.68. The van der Waals surface area contributed by atoms with E-state index in [9.17, 15) is 90.0 Å². The van der Waals surface area contributed by atoms with Gasteiger partial charge in [-0.1, -0.05) is 6.42 Å². The first-order valence-electron chi connectivity index (χ1n) is 26.5. The van der Waals surface area contributed by atoms with Crippen molar-refractivity contribution in [2.45, 2.75) is 175 Å². The van der Waals surface area contributed by atoms with Crippen LogP contribution in [-0.4, -0.2) is 291 Å². The van der Waals surface area contributed by atoms with E-state index in [1.807, 2.05) is 0 Å². The van der Waals surface area contributed by atoms with Gasteiger partial charge in [-0.05, 0) is 58.4 Å². The zero-order valence-electron chi connectivity index (χ0n) is 44.4. The summed E-state index contributed by atoms with van der Waals surface area (Å²) in [5.74, 6) is -3.03. The van der Waals surface area contributed by atoms with Gasteiger partial charge in [-0.3, -0.25) is 39.1 Å². The zero-order valence-corrected chi connectivity index (χ0v) is 44.4. The van der Waals surface area contributed by atoms with Crippen molar-refractivity contribution in [1.29, 1.82) is 0 Å². The maximum Gasteiger partial charge on any atom is 0.237 e. The molecule has 0 saturated carbocycles. The molecule has 3 aliphatic rings. The molecule has 0 aliphatic carbocycles. The van der Waals surface area contributed by atoms with Crippen molar-refractivity contribution in [2.75, 3.05) is 85.5 Å². The van der Waals surface area contributed by atoms with Gasteiger partial charge in [0.1, 0.15) is 79.0 Å². The van der Waals surface area contributed by atoms with E-state index in [1.165, 1.54) is 11.8 Å². The quantitative estimate of drug-likeness (QED) is 0.0202. The fraction of sp³-hybridized carbons (Fsp3) is 0.872. The minimum absolute atomic E-state index is 0.0308. The molecule has 3 unspecified atom stereocenters. The van der Waals surface area contributed by atoms with Gasteiger partial charge in [0.15, 0.2) is 18.9 Å². The standard InChI is InChI=1S/C47H86N8O24/c1-25(59)26(8-4-6-12-48)53-54-32(61)11-3-2-10-31(60)49-13-7-5-9-27(44(73)52-16-19-76-47-43(72)40(69)37(66)30(24-58)79-47)55(20-33(62)50-14-17-74-45-41(70)38(67)35(64)28(22-56)77-45)21-34(63)51-15-18-75-46-42(71)39(68)36(65)29(23-57)78-46/h26-30,35-43,45-47,53,56-58,64-72H,2-24,48H2,1H3,(H,49,60)(H,50,62)(H,51,63)(H,52,73)(H,54,61)/t26-,27-,28+,29+,30+,35+,36+,37+,38-,39-,40-,41-,42-,43-,45?,46?,47?/m0/s1. The molecule has 3 saturated heterocycles. The average molecular weight is 1150 g/mol. The second kappa shape index (κ2) is 37.3. The molecule has 32 nitrogen and oxygen atoms in total. The number of nitrogens with two attached hydrogens (primary N) is 1. The molecule has 3 rings (SSSR count). The number of hydrogen-bond acceptors (Lipinski definition) is 27.